The number of anilines is 1. The van der Waals surface area contributed by atoms with Gasteiger partial charge in [0.05, 0.1) is 6.61 Å². The molecule has 2 aromatic rings. The zero-order chi connectivity index (χ0) is 15.8. The minimum absolute atomic E-state index is 0.140. The topological polar surface area (TPSA) is 50.8 Å². The Labute approximate surface area is 134 Å². The summed E-state index contributed by atoms with van der Waals surface area (Å²) in [5, 5.41) is 6.90. The van der Waals surface area contributed by atoms with Gasteiger partial charge in [-0.25, -0.2) is 4.79 Å². The van der Waals surface area contributed by atoms with Crippen molar-refractivity contribution in [2.45, 2.75) is 6.54 Å². The average Bonchev–Trinajstić information content (AvgIpc) is 3.02. The van der Waals surface area contributed by atoms with Gasteiger partial charge in [0.2, 0.25) is 0 Å². The molecule has 6 heteroatoms. The second kappa shape index (κ2) is 8.41. The van der Waals surface area contributed by atoms with Crippen LogP contribution in [0, 0.1) is 0 Å². The van der Waals surface area contributed by atoms with E-state index in [2.05, 4.69) is 5.32 Å². The Balaban J connectivity index is 1.83. The molecular formula is C16H20N2O3S. The smallest absolute Gasteiger partial charge is 0.321 e. The summed E-state index contributed by atoms with van der Waals surface area (Å²) in [6, 6.07) is 9.16. The van der Waals surface area contributed by atoms with E-state index in [1.165, 1.54) is 0 Å². The monoisotopic (exact) mass is 320 g/mol. The van der Waals surface area contributed by atoms with Crippen molar-refractivity contribution in [3.05, 3.63) is 46.7 Å². The third-order valence-corrected chi connectivity index (χ3v) is 3.74. The zero-order valence-corrected chi connectivity index (χ0v) is 13.6. The van der Waals surface area contributed by atoms with Crippen LogP contribution < -0.4 is 10.1 Å². The van der Waals surface area contributed by atoms with Gasteiger partial charge in [0.25, 0.3) is 0 Å². The number of amides is 2. The predicted octanol–water partition coefficient (Wildman–Crippen LogP) is 3.44. The molecule has 1 aromatic carbocycles. The highest BCUT2D eigenvalue weighted by Crippen LogP contribution is 2.16. The number of nitrogens with one attached hydrogen (secondary N) is 1. The molecule has 0 unspecified atom stereocenters. The van der Waals surface area contributed by atoms with Crippen LogP contribution in [0.2, 0.25) is 0 Å². The highest BCUT2D eigenvalue weighted by molar-refractivity contribution is 7.07. The number of hydrogen-bond acceptors (Lipinski definition) is 4. The molecule has 118 valence electrons. The fourth-order valence-electron chi connectivity index (χ4n) is 1.82. The first-order valence-electron chi connectivity index (χ1n) is 6.94. The van der Waals surface area contributed by atoms with Gasteiger partial charge in [0, 0.05) is 26.4 Å². The fourth-order valence-corrected chi connectivity index (χ4v) is 2.48. The Morgan fingerprint density at radius 2 is 2.00 bits per heavy atom. The number of hydrogen-bond donors (Lipinski definition) is 1. The van der Waals surface area contributed by atoms with Crippen molar-refractivity contribution in [2.24, 2.45) is 0 Å². The maximum absolute atomic E-state index is 12.1. The van der Waals surface area contributed by atoms with Crippen LogP contribution in [-0.2, 0) is 11.3 Å². The van der Waals surface area contributed by atoms with Crippen molar-refractivity contribution in [3.63, 3.8) is 0 Å². The zero-order valence-electron chi connectivity index (χ0n) is 12.7. The maximum Gasteiger partial charge on any atom is 0.321 e. The van der Waals surface area contributed by atoms with E-state index in [-0.39, 0.29) is 6.03 Å². The van der Waals surface area contributed by atoms with E-state index in [1.54, 1.807) is 30.4 Å². The highest BCUT2D eigenvalue weighted by Gasteiger charge is 2.09. The third-order valence-electron chi connectivity index (χ3n) is 3.01. The van der Waals surface area contributed by atoms with E-state index < -0.39 is 0 Å². The molecule has 1 aromatic heterocycles. The van der Waals surface area contributed by atoms with Crippen molar-refractivity contribution < 1.29 is 14.3 Å². The SMILES string of the molecule is COCCOc1ccc(NC(=O)N(C)Cc2ccsc2)cc1. The molecule has 1 N–H and O–H groups in total. The van der Waals surface area contributed by atoms with E-state index in [9.17, 15) is 4.79 Å². The summed E-state index contributed by atoms with van der Waals surface area (Å²) in [5.41, 5.74) is 1.87. The first-order valence-corrected chi connectivity index (χ1v) is 7.88. The number of carbonyl (C=O) groups excluding carboxylic acids is 1. The number of nitrogens with zero attached hydrogens (tertiary/aromatic N) is 1. The van der Waals surface area contributed by atoms with Crippen LogP contribution in [0.4, 0.5) is 10.5 Å². The van der Waals surface area contributed by atoms with Gasteiger partial charge in [0.15, 0.2) is 0 Å². The van der Waals surface area contributed by atoms with Gasteiger partial charge in [0.1, 0.15) is 12.4 Å². The Morgan fingerprint density at radius 1 is 1.23 bits per heavy atom. The number of thiophene rings is 1. The lowest BCUT2D eigenvalue weighted by atomic mass is 10.3. The summed E-state index contributed by atoms with van der Waals surface area (Å²) in [6.07, 6.45) is 0. The molecule has 0 fully saturated rings. The number of carbonyl (C=O) groups is 1. The molecule has 2 amide bonds. The number of methoxy groups -OCH3 is 1. The van der Waals surface area contributed by atoms with E-state index >= 15 is 0 Å². The van der Waals surface area contributed by atoms with Gasteiger partial charge >= 0.3 is 6.03 Å². The minimum atomic E-state index is -0.140. The van der Waals surface area contributed by atoms with Crippen molar-refractivity contribution in [2.75, 3.05) is 32.7 Å². The second-order valence-corrected chi connectivity index (χ2v) is 5.56. The molecule has 0 bridgehead atoms. The summed E-state index contributed by atoms with van der Waals surface area (Å²) in [5.74, 6) is 0.752. The summed E-state index contributed by atoms with van der Waals surface area (Å²) in [6.45, 7) is 1.64. The Hall–Kier alpha value is -2.05. The van der Waals surface area contributed by atoms with Crippen molar-refractivity contribution in [1.29, 1.82) is 0 Å². The van der Waals surface area contributed by atoms with Gasteiger partial charge in [-0.3, -0.25) is 0 Å². The second-order valence-electron chi connectivity index (χ2n) is 4.78. The summed E-state index contributed by atoms with van der Waals surface area (Å²) < 4.78 is 10.4. The number of ether oxygens (including phenoxy) is 2. The molecule has 0 spiro atoms. The maximum atomic E-state index is 12.1. The Kier molecular flexibility index (Phi) is 6.24. The van der Waals surface area contributed by atoms with Gasteiger partial charge in [-0.2, -0.15) is 11.3 Å². The molecule has 5 nitrogen and oxygen atoms in total. The van der Waals surface area contributed by atoms with Crippen LogP contribution in [0.25, 0.3) is 0 Å². The largest absolute Gasteiger partial charge is 0.491 e. The normalized spacial score (nSPS) is 10.3. The first kappa shape index (κ1) is 16.3. The Bertz CT molecular complexity index is 570. The molecule has 0 aliphatic carbocycles. The van der Waals surface area contributed by atoms with Crippen molar-refractivity contribution in [1.82, 2.24) is 4.90 Å². The molecule has 2 rings (SSSR count). The molecule has 22 heavy (non-hydrogen) atoms. The first-order chi connectivity index (χ1) is 10.7. The van der Waals surface area contributed by atoms with Crippen LogP contribution in [0.3, 0.4) is 0 Å². The molecule has 0 aliphatic rings. The number of benzene rings is 1. The van der Waals surface area contributed by atoms with E-state index in [4.69, 9.17) is 9.47 Å². The third kappa shape index (κ3) is 5.05. The quantitative estimate of drug-likeness (QED) is 0.795. The molecule has 0 radical (unpaired) electrons. The van der Waals surface area contributed by atoms with Crippen LogP contribution in [0.15, 0.2) is 41.1 Å². The van der Waals surface area contributed by atoms with Crippen LogP contribution in [0.1, 0.15) is 5.56 Å². The van der Waals surface area contributed by atoms with Crippen LogP contribution in [-0.4, -0.2) is 38.3 Å². The van der Waals surface area contributed by atoms with E-state index in [0.29, 0.717) is 19.8 Å². The summed E-state index contributed by atoms with van der Waals surface area (Å²) in [4.78, 5) is 13.7. The van der Waals surface area contributed by atoms with E-state index in [1.807, 2.05) is 41.1 Å². The Morgan fingerprint density at radius 3 is 2.64 bits per heavy atom. The number of rotatable bonds is 7. The highest BCUT2D eigenvalue weighted by atomic mass is 32.1. The average molecular weight is 320 g/mol. The lowest BCUT2D eigenvalue weighted by Gasteiger charge is -2.17. The lowest BCUT2D eigenvalue weighted by Crippen LogP contribution is -2.30. The minimum Gasteiger partial charge on any atom is -0.491 e. The van der Waals surface area contributed by atoms with Gasteiger partial charge < -0.3 is 19.7 Å². The molecular weight excluding hydrogens is 300 g/mol. The van der Waals surface area contributed by atoms with Crippen molar-refractivity contribution in [3.8, 4) is 5.75 Å². The molecule has 0 saturated carbocycles. The number of urea groups is 1. The molecule has 0 saturated heterocycles. The fraction of sp³-hybridized carbons (Fsp3) is 0.312. The van der Waals surface area contributed by atoms with Crippen molar-refractivity contribution >= 4 is 23.1 Å². The van der Waals surface area contributed by atoms with Crippen LogP contribution >= 0.6 is 11.3 Å². The van der Waals surface area contributed by atoms with E-state index in [0.717, 1.165) is 17.0 Å². The molecule has 0 atom stereocenters. The van der Waals surface area contributed by atoms with Crippen LogP contribution in [0.5, 0.6) is 5.75 Å². The lowest BCUT2D eigenvalue weighted by molar-refractivity contribution is 0.146. The van der Waals surface area contributed by atoms with Gasteiger partial charge in [-0.05, 0) is 46.7 Å². The standard InChI is InChI=1S/C16H20N2O3S/c1-18(11-13-7-10-22-12-13)16(19)17-14-3-5-15(6-4-14)21-9-8-20-2/h3-7,10,12H,8-9,11H2,1-2H3,(H,17,19). The summed E-state index contributed by atoms with van der Waals surface area (Å²) in [7, 11) is 3.41. The molecule has 0 aliphatic heterocycles. The summed E-state index contributed by atoms with van der Waals surface area (Å²) >= 11 is 1.63. The van der Waals surface area contributed by atoms with Gasteiger partial charge in [-0.1, -0.05) is 0 Å². The molecule has 1 heterocycles. The predicted molar refractivity (Wildman–Crippen MR) is 88.6 cm³/mol. The van der Waals surface area contributed by atoms with Gasteiger partial charge in [-0.15, -0.1) is 0 Å².